The molecule has 1 aliphatic rings. The van der Waals surface area contributed by atoms with Gasteiger partial charge >= 0.3 is 5.97 Å². The summed E-state index contributed by atoms with van der Waals surface area (Å²) in [5, 5.41) is 20.0. The second kappa shape index (κ2) is 12.2. The van der Waals surface area contributed by atoms with Gasteiger partial charge in [-0.15, -0.1) is 0 Å². The smallest absolute Gasteiger partial charge is 0.326 e. The van der Waals surface area contributed by atoms with Gasteiger partial charge in [-0.1, -0.05) is 27.7 Å². The van der Waals surface area contributed by atoms with Crippen LogP contribution >= 0.6 is 0 Å². The van der Waals surface area contributed by atoms with Crippen LogP contribution in [0.15, 0.2) is 0 Å². The fraction of sp³-hybridized carbons (Fsp3) is 0.750. The standard InChI is InChI=1S/C20H35N5O6/c1-10(2)15(19(29)25-16(11(3)4)20(30)31)24-18(28)13(7-8-14(21)26)23-17(27)12-6-5-9-22-12/h10-13,15-16,22H,5-9H2,1-4H3,(H2,21,26)(H,23,27)(H,24,28)(H,25,29)(H,30,31). The van der Waals surface area contributed by atoms with Gasteiger partial charge in [-0.3, -0.25) is 19.2 Å². The van der Waals surface area contributed by atoms with Crippen LogP contribution in [0, 0.1) is 11.8 Å². The van der Waals surface area contributed by atoms with Gasteiger partial charge in [0.05, 0.1) is 6.04 Å². The van der Waals surface area contributed by atoms with Crippen LogP contribution in [0.5, 0.6) is 0 Å². The molecule has 4 atom stereocenters. The van der Waals surface area contributed by atoms with Gasteiger partial charge in [0, 0.05) is 6.42 Å². The van der Waals surface area contributed by atoms with Gasteiger partial charge in [0.25, 0.3) is 0 Å². The molecule has 1 rings (SSSR count). The third-order valence-corrected chi connectivity index (χ3v) is 5.17. The van der Waals surface area contributed by atoms with Crippen LogP contribution in [-0.2, 0) is 24.0 Å². The summed E-state index contributed by atoms with van der Waals surface area (Å²) in [6, 6.07) is -3.61. The van der Waals surface area contributed by atoms with Crippen molar-refractivity contribution in [2.24, 2.45) is 17.6 Å². The molecule has 176 valence electrons. The molecular formula is C20H35N5O6. The van der Waals surface area contributed by atoms with Crippen LogP contribution in [0.2, 0.25) is 0 Å². The number of primary amides is 1. The molecule has 0 aromatic rings. The zero-order chi connectivity index (χ0) is 23.7. The molecule has 4 amide bonds. The topological polar surface area (TPSA) is 180 Å². The summed E-state index contributed by atoms with van der Waals surface area (Å²) in [7, 11) is 0. The molecule has 7 N–H and O–H groups in total. The highest BCUT2D eigenvalue weighted by atomic mass is 16.4. The average molecular weight is 442 g/mol. The predicted molar refractivity (Wildman–Crippen MR) is 113 cm³/mol. The van der Waals surface area contributed by atoms with E-state index in [1.807, 2.05) is 0 Å². The van der Waals surface area contributed by atoms with Crippen molar-refractivity contribution in [1.82, 2.24) is 21.3 Å². The van der Waals surface area contributed by atoms with Gasteiger partial charge in [-0.25, -0.2) is 4.79 Å². The summed E-state index contributed by atoms with van der Waals surface area (Å²) in [6.07, 6.45) is 1.34. The summed E-state index contributed by atoms with van der Waals surface area (Å²) in [5.41, 5.74) is 5.19. The quantitative estimate of drug-likeness (QED) is 0.221. The Labute approximate surface area is 182 Å². The fourth-order valence-corrected chi connectivity index (χ4v) is 3.28. The molecule has 1 fully saturated rings. The molecule has 1 saturated heterocycles. The maximum absolute atomic E-state index is 12.9. The van der Waals surface area contributed by atoms with Gasteiger partial charge in [-0.2, -0.15) is 0 Å². The number of carboxylic acid groups (broad SMARTS) is 1. The molecular weight excluding hydrogens is 406 g/mol. The average Bonchev–Trinajstić information content (AvgIpc) is 3.20. The minimum absolute atomic E-state index is 0.0180. The molecule has 0 bridgehead atoms. The van der Waals surface area contributed by atoms with Crippen molar-refractivity contribution in [2.45, 2.75) is 77.5 Å². The highest BCUT2D eigenvalue weighted by Gasteiger charge is 2.33. The monoisotopic (exact) mass is 441 g/mol. The number of hydrogen-bond acceptors (Lipinski definition) is 6. The van der Waals surface area contributed by atoms with E-state index in [0.717, 1.165) is 6.42 Å². The second-order valence-corrected chi connectivity index (χ2v) is 8.51. The van der Waals surface area contributed by atoms with E-state index in [0.29, 0.717) is 13.0 Å². The summed E-state index contributed by atoms with van der Waals surface area (Å²) in [5.74, 6) is -4.14. The van der Waals surface area contributed by atoms with E-state index in [4.69, 9.17) is 5.73 Å². The Balaban J connectivity index is 2.90. The molecule has 1 heterocycles. The van der Waals surface area contributed by atoms with Crippen molar-refractivity contribution in [3.63, 3.8) is 0 Å². The number of carbonyl (C=O) groups excluding carboxylic acids is 4. The third kappa shape index (κ3) is 8.52. The number of nitrogens with one attached hydrogen (secondary N) is 4. The molecule has 0 saturated carbocycles. The Hall–Kier alpha value is -2.69. The first-order chi connectivity index (χ1) is 14.4. The van der Waals surface area contributed by atoms with Crippen molar-refractivity contribution in [3.05, 3.63) is 0 Å². The van der Waals surface area contributed by atoms with Gasteiger partial charge < -0.3 is 32.1 Å². The molecule has 1 aliphatic heterocycles. The highest BCUT2D eigenvalue weighted by molar-refractivity contribution is 5.94. The fourth-order valence-electron chi connectivity index (χ4n) is 3.28. The third-order valence-electron chi connectivity index (χ3n) is 5.17. The number of aliphatic carboxylic acids is 1. The van der Waals surface area contributed by atoms with E-state index in [1.54, 1.807) is 27.7 Å². The number of rotatable bonds is 12. The van der Waals surface area contributed by atoms with Crippen molar-refractivity contribution >= 4 is 29.6 Å². The lowest BCUT2D eigenvalue weighted by Gasteiger charge is -2.27. The Morgan fingerprint density at radius 1 is 0.968 bits per heavy atom. The SMILES string of the molecule is CC(C)C(NC(=O)C(NC(=O)C(CCC(N)=O)NC(=O)C1CCCN1)C(C)C)C(=O)O. The second-order valence-electron chi connectivity index (χ2n) is 8.51. The summed E-state index contributed by atoms with van der Waals surface area (Å²) in [4.78, 5) is 60.6. The van der Waals surface area contributed by atoms with Gasteiger partial charge in [-0.05, 0) is 37.6 Å². The van der Waals surface area contributed by atoms with E-state index < -0.39 is 47.9 Å². The van der Waals surface area contributed by atoms with Gasteiger partial charge in [0.15, 0.2) is 0 Å². The Morgan fingerprint density at radius 3 is 2.00 bits per heavy atom. The zero-order valence-corrected chi connectivity index (χ0v) is 18.6. The number of amides is 4. The normalized spacial score (nSPS) is 18.8. The minimum atomic E-state index is -1.17. The molecule has 11 nitrogen and oxygen atoms in total. The van der Waals surface area contributed by atoms with Crippen molar-refractivity contribution in [3.8, 4) is 0 Å². The van der Waals surface area contributed by atoms with Crippen LogP contribution in [0.3, 0.4) is 0 Å². The zero-order valence-electron chi connectivity index (χ0n) is 18.6. The Bertz CT molecular complexity index is 675. The molecule has 0 aromatic carbocycles. The van der Waals surface area contributed by atoms with Crippen molar-refractivity contribution < 1.29 is 29.1 Å². The molecule has 0 radical (unpaired) electrons. The summed E-state index contributed by atoms with van der Waals surface area (Å²) in [6.45, 7) is 7.43. The number of carbonyl (C=O) groups is 5. The minimum Gasteiger partial charge on any atom is -0.480 e. The number of nitrogens with two attached hydrogens (primary N) is 1. The summed E-state index contributed by atoms with van der Waals surface area (Å²) < 4.78 is 0. The number of hydrogen-bond donors (Lipinski definition) is 6. The lowest BCUT2D eigenvalue weighted by atomic mass is 9.99. The lowest BCUT2D eigenvalue weighted by molar-refractivity contribution is -0.143. The molecule has 4 unspecified atom stereocenters. The number of carboxylic acids is 1. The van der Waals surface area contributed by atoms with E-state index in [9.17, 15) is 29.1 Å². The molecule has 0 aromatic heterocycles. The largest absolute Gasteiger partial charge is 0.480 e. The molecule has 0 aliphatic carbocycles. The summed E-state index contributed by atoms with van der Waals surface area (Å²) >= 11 is 0. The first kappa shape index (κ1) is 26.3. The van der Waals surface area contributed by atoms with Crippen LogP contribution in [0.25, 0.3) is 0 Å². The maximum Gasteiger partial charge on any atom is 0.326 e. The van der Waals surface area contributed by atoms with E-state index >= 15 is 0 Å². The Morgan fingerprint density at radius 2 is 1.55 bits per heavy atom. The molecule has 11 heteroatoms. The highest BCUT2D eigenvalue weighted by Crippen LogP contribution is 2.09. The van der Waals surface area contributed by atoms with Gasteiger partial charge in [0.1, 0.15) is 18.1 Å². The van der Waals surface area contributed by atoms with Crippen LogP contribution in [-0.4, -0.2) is 65.4 Å². The van der Waals surface area contributed by atoms with Crippen LogP contribution in [0.4, 0.5) is 0 Å². The lowest BCUT2D eigenvalue weighted by Crippen LogP contribution is -2.59. The maximum atomic E-state index is 12.9. The molecule has 0 spiro atoms. The first-order valence-corrected chi connectivity index (χ1v) is 10.6. The Kier molecular flexibility index (Phi) is 10.4. The molecule has 31 heavy (non-hydrogen) atoms. The van der Waals surface area contributed by atoms with Crippen LogP contribution in [0.1, 0.15) is 53.4 Å². The van der Waals surface area contributed by atoms with Crippen LogP contribution < -0.4 is 27.0 Å². The predicted octanol–water partition coefficient (Wildman–Crippen LogP) is -1.15. The van der Waals surface area contributed by atoms with Gasteiger partial charge in [0.2, 0.25) is 23.6 Å². The van der Waals surface area contributed by atoms with E-state index in [2.05, 4.69) is 21.3 Å². The van der Waals surface area contributed by atoms with Crippen molar-refractivity contribution in [1.29, 1.82) is 0 Å². The van der Waals surface area contributed by atoms with E-state index in [1.165, 1.54) is 0 Å². The van der Waals surface area contributed by atoms with Crippen molar-refractivity contribution in [2.75, 3.05) is 6.54 Å². The van der Waals surface area contributed by atoms with E-state index in [-0.39, 0.29) is 30.6 Å². The first-order valence-electron chi connectivity index (χ1n) is 10.6.